The van der Waals surface area contributed by atoms with Crippen LogP contribution >= 0.6 is 0 Å². The lowest BCUT2D eigenvalue weighted by Gasteiger charge is -2.18. The fourth-order valence-electron chi connectivity index (χ4n) is 2.40. The molecule has 0 heterocycles. The summed E-state index contributed by atoms with van der Waals surface area (Å²) < 4.78 is 0. The number of benzene rings is 1. The van der Waals surface area contributed by atoms with Crippen LogP contribution in [0.1, 0.15) is 30.7 Å². The van der Waals surface area contributed by atoms with E-state index in [0.717, 1.165) is 5.92 Å². The van der Waals surface area contributed by atoms with Gasteiger partial charge in [0.2, 0.25) is 0 Å². The Labute approximate surface area is 80.2 Å². The van der Waals surface area contributed by atoms with Gasteiger partial charge in [-0.3, -0.25) is 0 Å². The summed E-state index contributed by atoms with van der Waals surface area (Å²) in [5, 5.41) is 3.41. The summed E-state index contributed by atoms with van der Waals surface area (Å²) in [6, 6.07) is 11.6. The van der Waals surface area contributed by atoms with E-state index in [1.807, 2.05) is 0 Å². The molecular weight excluding hydrogens is 158 g/mol. The standard InChI is InChI=1S/C12H17N/c1-13-12-9-5-8-11(12)10-6-3-2-4-7-10/h2-4,6-7,11-13H,5,8-9H2,1H3/t11-,12+/m0/s1. The van der Waals surface area contributed by atoms with Gasteiger partial charge in [-0.05, 0) is 31.4 Å². The third kappa shape index (κ3) is 1.75. The molecular formula is C12H17N. The van der Waals surface area contributed by atoms with Crippen molar-refractivity contribution in [3.05, 3.63) is 35.9 Å². The molecule has 2 rings (SSSR count). The maximum Gasteiger partial charge on any atom is 0.0133 e. The molecule has 1 aromatic rings. The lowest BCUT2D eigenvalue weighted by molar-refractivity contribution is 0.522. The molecule has 0 bridgehead atoms. The first-order valence-corrected chi connectivity index (χ1v) is 5.14. The second-order valence-corrected chi connectivity index (χ2v) is 3.84. The van der Waals surface area contributed by atoms with E-state index in [4.69, 9.17) is 0 Å². The van der Waals surface area contributed by atoms with E-state index in [-0.39, 0.29) is 0 Å². The average molecular weight is 175 g/mol. The van der Waals surface area contributed by atoms with Gasteiger partial charge in [-0.1, -0.05) is 36.8 Å². The minimum absolute atomic E-state index is 0.697. The minimum atomic E-state index is 0.697. The number of nitrogens with one attached hydrogen (secondary N) is 1. The molecule has 1 N–H and O–H groups in total. The van der Waals surface area contributed by atoms with Gasteiger partial charge < -0.3 is 5.32 Å². The molecule has 0 spiro atoms. The smallest absolute Gasteiger partial charge is 0.0133 e. The Kier molecular flexibility index (Phi) is 2.65. The van der Waals surface area contributed by atoms with E-state index in [9.17, 15) is 0 Å². The summed E-state index contributed by atoms with van der Waals surface area (Å²) in [4.78, 5) is 0. The third-order valence-electron chi connectivity index (χ3n) is 3.11. The first kappa shape index (κ1) is 8.76. The minimum Gasteiger partial charge on any atom is -0.316 e. The maximum absolute atomic E-state index is 3.41. The van der Waals surface area contributed by atoms with Crippen molar-refractivity contribution in [1.82, 2.24) is 5.32 Å². The van der Waals surface area contributed by atoms with E-state index in [0.29, 0.717) is 6.04 Å². The van der Waals surface area contributed by atoms with Crippen molar-refractivity contribution in [2.45, 2.75) is 31.2 Å². The van der Waals surface area contributed by atoms with Crippen molar-refractivity contribution < 1.29 is 0 Å². The molecule has 1 heteroatoms. The van der Waals surface area contributed by atoms with Gasteiger partial charge in [-0.15, -0.1) is 0 Å². The zero-order valence-electron chi connectivity index (χ0n) is 8.16. The average Bonchev–Trinajstić information content (AvgIpc) is 2.67. The lowest BCUT2D eigenvalue weighted by atomic mass is 9.94. The van der Waals surface area contributed by atoms with Crippen LogP contribution in [0.3, 0.4) is 0 Å². The largest absolute Gasteiger partial charge is 0.316 e. The van der Waals surface area contributed by atoms with E-state index < -0.39 is 0 Å². The first-order chi connectivity index (χ1) is 6.42. The molecule has 13 heavy (non-hydrogen) atoms. The first-order valence-electron chi connectivity index (χ1n) is 5.14. The van der Waals surface area contributed by atoms with Crippen molar-refractivity contribution >= 4 is 0 Å². The van der Waals surface area contributed by atoms with Crippen molar-refractivity contribution in [2.75, 3.05) is 7.05 Å². The molecule has 2 atom stereocenters. The van der Waals surface area contributed by atoms with E-state index in [2.05, 4.69) is 42.7 Å². The Morgan fingerprint density at radius 2 is 1.92 bits per heavy atom. The van der Waals surface area contributed by atoms with Crippen molar-refractivity contribution in [2.24, 2.45) is 0 Å². The van der Waals surface area contributed by atoms with Crippen molar-refractivity contribution in [1.29, 1.82) is 0 Å². The number of likely N-dealkylation sites (N-methyl/N-ethyl adjacent to an activating group) is 1. The Morgan fingerprint density at radius 1 is 1.15 bits per heavy atom. The van der Waals surface area contributed by atoms with Crippen LogP contribution in [0.15, 0.2) is 30.3 Å². The Balaban J connectivity index is 2.16. The van der Waals surface area contributed by atoms with Crippen LogP contribution in [0.2, 0.25) is 0 Å². The molecule has 0 aromatic heterocycles. The zero-order chi connectivity index (χ0) is 9.10. The van der Waals surface area contributed by atoms with Crippen molar-refractivity contribution in [3.63, 3.8) is 0 Å². The monoisotopic (exact) mass is 175 g/mol. The molecule has 1 aliphatic carbocycles. The summed E-state index contributed by atoms with van der Waals surface area (Å²) in [5.74, 6) is 0.742. The highest BCUT2D eigenvalue weighted by Gasteiger charge is 2.26. The molecule has 1 aliphatic rings. The fourth-order valence-corrected chi connectivity index (χ4v) is 2.40. The molecule has 0 unspecified atom stereocenters. The van der Waals surface area contributed by atoms with Gasteiger partial charge in [0.1, 0.15) is 0 Å². The third-order valence-corrected chi connectivity index (χ3v) is 3.11. The molecule has 1 saturated carbocycles. The topological polar surface area (TPSA) is 12.0 Å². The van der Waals surface area contributed by atoms with Crippen LogP contribution in [0.4, 0.5) is 0 Å². The summed E-state index contributed by atoms with van der Waals surface area (Å²) in [6.07, 6.45) is 4.04. The van der Waals surface area contributed by atoms with E-state index in [1.165, 1.54) is 24.8 Å². The van der Waals surface area contributed by atoms with Gasteiger partial charge in [0.25, 0.3) is 0 Å². The summed E-state index contributed by atoms with van der Waals surface area (Å²) in [5.41, 5.74) is 1.50. The molecule has 0 amide bonds. The SMILES string of the molecule is CN[C@@H]1CCC[C@H]1c1ccccc1. The van der Waals surface area contributed by atoms with Gasteiger partial charge in [0.15, 0.2) is 0 Å². The normalized spacial score (nSPS) is 27.8. The van der Waals surface area contributed by atoms with Crippen LogP contribution in [-0.2, 0) is 0 Å². The molecule has 70 valence electrons. The highest BCUT2D eigenvalue weighted by atomic mass is 14.9. The van der Waals surface area contributed by atoms with E-state index >= 15 is 0 Å². The van der Waals surface area contributed by atoms with Crippen LogP contribution in [0.5, 0.6) is 0 Å². The van der Waals surface area contributed by atoms with Gasteiger partial charge >= 0.3 is 0 Å². The van der Waals surface area contributed by atoms with Crippen LogP contribution < -0.4 is 5.32 Å². The molecule has 1 fully saturated rings. The maximum atomic E-state index is 3.41. The van der Waals surface area contributed by atoms with Crippen LogP contribution in [0.25, 0.3) is 0 Å². The fraction of sp³-hybridized carbons (Fsp3) is 0.500. The molecule has 0 aliphatic heterocycles. The summed E-state index contributed by atoms with van der Waals surface area (Å²) >= 11 is 0. The number of rotatable bonds is 2. The Morgan fingerprint density at radius 3 is 2.62 bits per heavy atom. The Bertz CT molecular complexity index is 255. The summed E-state index contributed by atoms with van der Waals surface area (Å²) in [7, 11) is 2.08. The van der Waals surface area contributed by atoms with Gasteiger partial charge in [0.05, 0.1) is 0 Å². The molecule has 1 nitrogen and oxygen atoms in total. The number of hydrogen-bond donors (Lipinski definition) is 1. The second-order valence-electron chi connectivity index (χ2n) is 3.84. The highest BCUT2D eigenvalue weighted by molar-refractivity contribution is 5.22. The predicted molar refractivity (Wildman–Crippen MR) is 55.9 cm³/mol. The molecule has 1 aromatic carbocycles. The lowest BCUT2D eigenvalue weighted by Crippen LogP contribution is -2.27. The van der Waals surface area contributed by atoms with Crippen LogP contribution in [0, 0.1) is 0 Å². The van der Waals surface area contributed by atoms with Gasteiger partial charge in [-0.25, -0.2) is 0 Å². The van der Waals surface area contributed by atoms with Gasteiger partial charge in [-0.2, -0.15) is 0 Å². The molecule has 0 saturated heterocycles. The van der Waals surface area contributed by atoms with E-state index in [1.54, 1.807) is 0 Å². The van der Waals surface area contributed by atoms with Crippen LogP contribution in [-0.4, -0.2) is 13.1 Å². The van der Waals surface area contributed by atoms with Gasteiger partial charge in [0, 0.05) is 6.04 Å². The number of hydrogen-bond acceptors (Lipinski definition) is 1. The zero-order valence-corrected chi connectivity index (χ0v) is 8.16. The van der Waals surface area contributed by atoms with Crippen molar-refractivity contribution in [3.8, 4) is 0 Å². The Hall–Kier alpha value is -0.820. The molecule has 0 radical (unpaired) electrons. The highest BCUT2D eigenvalue weighted by Crippen LogP contribution is 2.33. The quantitative estimate of drug-likeness (QED) is 0.728. The second kappa shape index (κ2) is 3.93. The summed E-state index contributed by atoms with van der Waals surface area (Å²) in [6.45, 7) is 0. The predicted octanol–water partition coefficient (Wildman–Crippen LogP) is 2.54.